The number of nitrogens with two attached hydrogens (primary N) is 1. The van der Waals surface area contributed by atoms with Crippen LogP contribution in [0.5, 0.6) is 5.75 Å². The summed E-state index contributed by atoms with van der Waals surface area (Å²) in [5.41, 5.74) is 6.36. The van der Waals surface area contributed by atoms with Crippen LogP contribution in [0.3, 0.4) is 0 Å². The second kappa shape index (κ2) is 4.11. The minimum absolute atomic E-state index is 0.0562. The zero-order chi connectivity index (χ0) is 10.7. The summed E-state index contributed by atoms with van der Waals surface area (Å²) >= 11 is 0. The Morgan fingerprint density at radius 1 is 1.57 bits per heavy atom. The third-order valence-corrected chi connectivity index (χ3v) is 2.12. The van der Waals surface area contributed by atoms with Gasteiger partial charge in [-0.2, -0.15) is 0 Å². The van der Waals surface area contributed by atoms with Crippen LogP contribution >= 0.6 is 0 Å². The normalized spacial score (nSPS) is 12.4. The monoisotopic (exact) mass is 195 g/mol. The minimum Gasteiger partial charge on any atom is -0.508 e. The number of hydrogen-bond donors (Lipinski definition) is 3. The van der Waals surface area contributed by atoms with E-state index in [1.165, 1.54) is 12.1 Å². The first-order valence-electron chi connectivity index (χ1n) is 4.38. The Balaban J connectivity index is 3.07. The highest BCUT2D eigenvalue weighted by Gasteiger charge is 2.11. The van der Waals surface area contributed by atoms with E-state index in [9.17, 15) is 9.90 Å². The standard InChI is InChI=1S/C10H13NO3/c1-2-8(11)7-4-3-6(10(13)14)5-9(7)12/h3-5,8,12H,2,11H2,1H3,(H,13,14)/t8-/m0/s1. The largest absolute Gasteiger partial charge is 0.508 e. The Kier molecular flexibility index (Phi) is 3.09. The van der Waals surface area contributed by atoms with Crippen molar-refractivity contribution in [3.05, 3.63) is 29.3 Å². The van der Waals surface area contributed by atoms with Crippen LogP contribution in [-0.2, 0) is 0 Å². The van der Waals surface area contributed by atoms with Gasteiger partial charge in [0.2, 0.25) is 0 Å². The Morgan fingerprint density at radius 2 is 2.21 bits per heavy atom. The molecule has 0 saturated carbocycles. The van der Waals surface area contributed by atoms with Crippen LogP contribution in [0.25, 0.3) is 0 Å². The van der Waals surface area contributed by atoms with Gasteiger partial charge in [-0.1, -0.05) is 13.0 Å². The molecule has 0 bridgehead atoms. The van der Waals surface area contributed by atoms with Crippen LogP contribution < -0.4 is 5.73 Å². The molecule has 1 rings (SSSR count). The number of carbonyl (C=O) groups is 1. The van der Waals surface area contributed by atoms with E-state index in [4.69, 9.17) is 10.8 Å². The minimum atomic E-state index is -1.06. The third-order valence-electron chi connectivity index (χ3n) is 2.12. The van der Waals surface area contributed by atoms with Gasteiger partial charge in [0.15, 0.2) is 0 Å². The summed E-state index contributed by atoms with van der Waals surface area (Å²) in [6.07, 6.45) is 0.694. The van der Waals surface area contributed by atoms with Crippen molar-refractivity contribution < 1.29 is 15.0 Å². The Bertz CT molecular complexity index is 349. The highest BCUT2D eigenvalue weighted by Crippen LogP contribution is 2.25. The fourth-order valence-corrected chi connectivity index (χ4v) is 1.21. The van der Waals surface area contributed by atoms with Crippen molar-refractivity contribution in [2.75, 3.05) is 0 Å². The van der Waals surface area contributed by atoms with Gasteiger partial charge in [-0.3, -0.25) is 0 Å². The fraction of sp³-hybridized carbons (Fsp3) is 0.300. The molecular formula is C10H13NO3. The molecule has 0 saturated heterocycles. The number of carboxylic acids is 1. The van der Waals surface area contributed by atoms with Gasteiger partial charge in [0.05, 0.1) is 5.56 Å². The number of aromatic hydroxyl groups is 1. The van der Waals surface area contributed by atoms with E-state index in [2.05, 4.69) is 0 Å². The van der Waals surface area contributed by atoms with Crippen molar-refractivity contribution in [2.24, 2.45) is 5.73 Å². The average molecular weight is 195 g/mol. The molecule has 0 aliphatic rings. The Hall–Kier alpha value is -1.55. The molecule has 0 heterocycles. The van der Waals surface area contributed by atoms with Crippen LogP contribution in [-0.4, -0.2) is 16.2 Å². The van der Waals surface area contributed by atoms with Gasteiger partial charge < -0.3 is 15.9 Å². The van der Waals surface area contributed by atoms with Gasteiger partial charge in [0, 0.05) is 11.6 Å². The summed E-state index contributed by atoms with van der Waals surface area (Å²) in [4.78, 5) is 10.6. The topological polar surface area (TPSA) is 83.6 Å². The fourth-order valence-electron chi connectivity index (χ4n) is 1.21. The van der Waals surface area contributed by atoms with Gasteiger partial charge in [0.25, 0.3) is 0 Å². The van der Waals surface area contributed by atoms with E-state index in [1.807, 2.05) is 6.92 Å². The second-order valence-corrected chi connectivity index (χ2v) is 3.09. The lowest BCUT2D eigenvalue weighted by Crippen LogP contribution is -2.09. The Morgan fingerprint density at radius 3 is 2.64 bits per heavy atom. The first-order chi connectivity index (χ1) is 6.56. The van der Waals surface area contributed by atoms with Crippen LogP contribution in [0.4, 0.5) is 0 Å². The highest BCUT2D eigenvalue weighted by molar-refractivity contribution is 5.88. The van der Waals surface area contributed by atoms with Gasteiger partial charge in [-0.15, -0.1) is 0 Å². The van der Waals surface area contributed by atoms with Crippen LogP contribution in [0, 0.1) is 0 Å². The zero-order valence-corrected chi connectivity index (χ0v) is 7.90. The summed E-state index contributed by atoms with van der Waals surface area (Å²) in [5, 5.41) is 18.2. The van der Waals surface area contributed by atoms with E-state index >= 15 is 0 Å². The molecule has 1 aromatic carbocycles. The quantitative estimate of drug-likeness (QED) is 0.682. The molecule has 0 aromatic heterocycles. The maximum Gasteiger partial charge on any atom is 0.335 e. The van der Waals surface area contributed by atoms with E-state index in [0.29, 0.717) is 12.0 Å². The third kappa shape index (κ3) is 2.03. The lowest BCUT2D eigenvalue weighted by molar-refractivity contribution is 0.0696. The van der Waals surface area contributed by atoms with Gasteiger partial charge in [0.1, 0.15) is 5.75 Å². The molecule has 0 unspecified atom stereocenters. The van der Waals surface area contributed by atoms with Gasteiger partial charge in [-0.05, 0) is 18.6 Å². The molecule has 0 aliphatic carbocycles. The van der Waals surface area contributed by atoms with E-state index in [0.717, 1.165) is 0 Å². The molecule has 4 nitrogen and oxygen atoms in total. The van der Waals surface area contributed by atoms with E-state index in [-0.39, 0.29) is 17.4 Å². The van der Waals surface area contributed by atoms with Gasteiger partial charge in [-0.25, -0.2) is 4.79 Å². The van der Waals surface area contributed by atoms with E-state index in [1.54, 1.807) is 6.07 Å². The molecule has 14 heavy (non-hydrogen) atoms. The SMILES string of the molecule is CC[C@H](N)c1ccc(C(=O)O)cc1O. The number of carboxylic acid groups (broad SMARTS) is 1. The molecule has 1 atom stereocenters. The van der Waals surface area contributed by atoms with Crippen molar-refractivity contribution in [1.82, 2.24) is 0 Å². The molecule has 0 aliphatic heterocycles. The summed E-state index contributed by atoms with van der Waals surface area (Å²) in [7, 11) is 0. The first-order valence-corrected chi connectivity index (χ1v) is 4.38. The highest BCUT2D eigenvalue weighted by atomic mass is 16.4. The summed E-state index contributed by atoms with van der Waals surface area (Å²) in [6, 6.07) is 3.95. The van der Waals surface area contributed by atoms with Crippen molar-refractivity contribution in [2.45, 2.75) is 19.4 Å². The summed E-state index contributed by atoms with van der Waals surface area (Å²) < 4.78 is 0. The lowest BCUT2D eigenvalue weighted by atomic mass is 10.0. The molecule has 76 valence electrons. The van der Waals surface area contributed by atoms with E-state index < -0.39 is 5.97 Å². The summed E-state index contributed by atoms with van der Waals surface area (Å²) in [5.74, 6) is -1.11. The smallest absolute Gasteiger partial charge is 0.335 e. The molecule has 0 spiro atoms. The number of phenolic OH excluding ortho intramolecular Hbond substituents is 1. The van der Waals surface area contributed by atoms with Crippen LogP contribution in [0.15, 0.2) is 18.2 Å². The van der Waals surface area contributed by atoms with Crippen LogP contribution in [0.2, 0.25) is 0 Å². The van der Waals surface area contributed by atoms with Crippen molar-refractivity contribution in [1.29, 1.82) is 0 Å². The predicted octanol–water partition coefficient (Wildman–Crippen LogP) is 1.50. The number of aromatic carboxylic acids is 1. The number of hydrogen-bond acceptors (Lipinski definition) is 3. The molecule has 0 amide bonds. The molecule has 0 radical (unpaired) electrons. The maximum atomic E-state index is 10.6. The number of benzene rings is 1. The number of rotatable bonds is 3. The first kappa shape index (κ1) is 10.5. The second-order valence-electron chi connectivity index (χ2n) is 3.09. The lowest BCUT2D eigenvalue weighted by Gasteiger charge is -2.11. The molecule has 4 heteroatoms. The van der Waals surface area contributed by atoms with Crippen LogP contribution in [0.1, 0.15) is 35.3 Å². The Labute approximate surface area is 82.0 Å². The zero-order valence-electron chi connectivity index (χ0n) is 7.90. The van der Waals surface area contributed by atoms with Crippen molar-refractivity contribution in [3.8, 4) is 5.75 Å². The van der Waals surface area contributed by atoms with Gasteiger partial charge >= 0.3 is 5.97 Å². The molecule has 0 fully saturated rings. The summed E-state index contributed by atoms with van der Waals surface area (Å²) in [6.45, 7) is 1.90. The molecular weight excluding hydrogens is 182 g/mol. The maximum absolute atomic E-state index is 10.6. The average Bonchev–Trinajstić information content (AvgIpc) is 2.16. The molecule has 4 N–H and O–H groups in total. The molecule has 1 aromatic rings. The number of phenols is 1. The predicted molar refractivity (Wildman–Crippen MR) is 52.3 cm³/mol. The van der Waals surface area contributed by atoms with Crippen molar-refractivity contribution in [3.63, 3.8) is 0 Å². The van der Waals surface area contributed by atoms with Crippen molar-refractivity contribution >= 4 is 5.97 Å².